The number of hydrogen-bond acceptors (Lipinski definition) is 7. The lowest BCUT2D eigenvalue weighted by Crippen LogP contribution is -2.55. The maximum absolute atomic E-state index is 14.0. The van der Waals surface area contributed by atoms with Gasteiger partial charge in [0, 0.05) is 36.2 Å². The summed E-state index contributed by atoms with van der Waals surface area (Å²) in [7, 11) is 1.43. The highest BCUT2D eigenvalue weighted by atomic mass is 32.1. The third-order valence-corrected chi connectivity index (χ3v) is 9.35. The highest BCUT2D eigenvalue weighted by Gasteiger charge is 2.30. The largest absolute Gasteiger partial charge is 0.492 e. The van der Waals surface area contributed by atoms with Crippen molar-refractivity contribution in [1.82, 2.24) is 9.66 Å². The quantitative estimate of drug-likeness (QED) is 0.183. The monoisotopic (exact) mass is 653 g/mol. The van der Waals surface area contributed by atoms with Crippen molar-refractivity contribution in [3.05, 3.63) is 36.9 Å². The topological polar surface area (TPSA) is 102 Å². The van der Waals surface area contributed by atoms with Gasteiger partial charge in [0.15, 0.2) is 5.13 Å². The Morgan fingerprint density at radius 2 is 1.46 bits per heavy atom. The molecule has 2 aromatic heterocycles. The summed E-state index contributed by atoms with van der Waals surface area (Å²) in [5.41, 5.74) is -1.04. The molecule has 1 amide bonds. The van der Waals surface area contributed by atoms with Crippen LogP contribution < -0.4 is 25.9 Å². The van der Waals surface area contributed by atoms with Crippen LogP contribution in [0.5, 0.6) is 5.88 Å². The first-order chi connectivity index (χ1) is 21.6. The van der Waals surface area contributed by atoms with Crippen LogP contribution in [0.25, 0.3) is 12.7 Å². The van der Waals surface area contributed by atoms with Crippen LogP contribution in [-0.2, 0) is 10.2 Å². The fraction of sp³-hybridized carbons (Fsp3) is 0.676. The Hall–Kier alpha value is -3.12. The van der Waals surface area contributed by atoms with Crippen molar-refractivity contribution in [3.8, 4) is 11.9 Å². The van der Waals surface area contributed by atoms with Gasteiger partial charge in [0.25, 0.3) is 5.56 Å². The minimum atomic E-state index is -0.818. The molecule has 8 nitrogen and oxygen atoms in total. The fourth-order valence-corrected chi connectivity index (χ4v) is 6.80. The molecule has 2 rings (SSSR count). The van der Waals surface area contributed by atoms with Crippen molar-refractivity contribution >= 4 is 35.0 Å². The lowest BCUT2D eigenvalue weighted by atomic mass is 9.91. The Labute approximate surface area is 281 Å². The SMILES string of the molecule is C=c1c(C#N)c(O)n(N(C)C(=O)C(C)(C)C)c(=O)/c1=C\c1sc(N(CCCCCCCC)CCCCCCCC)nc1C(C)(C)C. The van der Waals surface area contributed by atoms with E-state index >= 15 is 0 Å². The van der Waals surface area contributed by atoms with Gasteiger partial charge >= 0.3 is 0 Å². The first kappa shape index (κ1) is 39.1. The summed E-state index contributed by atoms with van der Waals surface area (Å²) < 4.78 is 0.884. The Kier molecular flexibility index (Phi) is 15.0. The van der Waals surface area contributed by atoms with Crippen LogP contribution in [0.1, 0.15) is 149 Å². The van der Waals surface area contributed by atoms with E-state index in [1.54, 1.807) is 38.2 Å². The number of thiazole rings is 1. The van der Waals surface area contributed by atoms with Gasteiger partial charge in [0.1, 0.15) is 11.6 Å². The number of pyridine rings is 1. The van der Waals surface area contributed by atoms with E-state index in [1.807, 2.05) is 6.07 Å². The second kappa shape index (κ2) is 17.7. The van der Waals surface area contributed by atoms with E-state index in [0.29, 0.717) is 0 Å². The molecule has 2 heterocycles. The van der Waals surface area contributed by atoms with E-state index in [1.165, 1.54) is 71.3 Å². The van der Waals surface area contributed by atoms with Gasteiger partial charge in [-0.15, -0.1) is 0 Å². The van der Waals surface area contributed by atoms with Crippen LogP contribution >= 0.6 is 11.3 Å². The number of amides is 1. The Bertz CT molecular complexity index is 1490. The zero-order chi connectivity index (χ0) is 34.7. The highest BCUT2D eigenvalue weighted by Crippen LogP contribution is 2.35. The molecule has 0 radical (unpaired) electrons. The van der Waals surface area contributed by atoms with Crippen molar-refractivity contribution in [2.24, 2.45) is 5.41 Å². The second-order valence-electron chi connectivity index (χ2n) is 14.5. The third-order valence-electron chi connectivity index (χ3n) is 8.28. The van der Waals surface area contributed by atoms with E-state index in [9.17, 15) is 20.0 Å². The summed E-state index contributed by atoms with van der Waals surface area (Å²) in [4.78, 5) is 35.5. The molecule has 0 atom stereocenters. The van der Waals surface area contributed by atoms with E-state index in [2.05, 4.69) is 46.1 Å². The van der Waals surface area contributed by atoms with Gasteiger partial charge in [-0.3, -0.25) is 9.59 Å². The van der Waals surface area contributed by atoms with Gasteiger partial charge in [0.2, 0.25) is 11.8 Å². The normalized spacial score (nSPS) is 12.4. The van der Waals surface area contributed by atoms with Crippen LogP contribution in [0.2, 0.25) is 0 Å². The molecule has 9 heteroatoms. The average Bonchev–Trinajstić information content (AvgIpc) is 3.41. The number of carbonyl (C=O) groups is 1. The molecule has 0 bridgehead atoms. The van der Waals surface area contributed by atoms with Gasteiger partial charge in [-0.05, 0) is 18.9 Å². The molecule has 46 heavy (non-hydrogen) atoms. The third kappa shape index (κ3) is 10.4. The van der Waals surface area contributed by atoms with Crippen molar-refractivity contribution in [2.75, 3.05) is 30.0 Å². The van der Waals surface area contributed by atoms with Crippen LogP contribution in [-0.4, -0.2) is 40.8 Å². The number of hydrogen-bond donors (Lipinski definition) is 1. The molecule has 0 saturated carbocycles. The van der Waals surface area contributed by atoms with E-state index < -0.39 is 16.9 Å². The lowest BCUT2D eigenvalue weighted by Gasteiger charge is -2.27. The average molecular weight is 654 g/mol. The van der Waals surface area contributed by atoms with Crippen LogP contribution in [0.4, 0.5) is 5.13 Å². The summed E-state index contributed by atoms with van der Waals surface area (Å²) in [5.74, 6) is -0.980. The summed E-state index contributed by atoms with van der Waals surface area (Å²) in [6.45, 7) is 21.9. The Balaban J connectivity index is 2.66. The second-order valence-corrected chi connectivity index (χ2v) is 15.5. The molecular weight excluding hydrogens is 595 g/mol. The molecule has 0 spiro atoms. The molecule has 0 aliphatic carbocycles. The zero-order valence-electron chi connectivity index (χ0n) is 30.1. The number of unbranched alkanes of at least 4 members (excludes halogenated alkanes) is 10. The van der Waals surface area contributed by atoms with Crippen LogP contribution in [0, 0.1) is 16.7 Å². The summed E-state index contributed by atoms with van der Waals surface area (Å²) >= 11 is 1.55. The van der Waals surface area contributed by atoms with Gasteiger partial charge < -0.3 is 10.0 Å². The zero-order valence-corrected chi connectivity index (χ0v) is 30.9. The molecule has 0 unspecified atom stereocenters. The fourth-order valence-electron chi connectivity index (χ4n) is 5.53. The Morgan fingerprint density at radius 1 is 0.957 bits per heavy atom. The highest BCUT2D eigenvalue weighted by molar-refractivity contribution is 7.16. The smallest absolute Gasteiger partial charge is 0.280 e. The van der Waals surface area contributed by atoms with Gasteiger partial charge in [-0.25, -0.2) is 9.99 Å². The van der Waals surface area contributed by atoms with E-state index in [4.69, 9.17) is 4.98 Å². The standard InChI is InChI=1S/C37H59N5O3S/c1-11-13-15-17-19-21-23-41(24-22-20-18-16-14-12-2)35-39-31(36(4,5)6)30(46-35)25-28-27(3)29(26-38)33(44)42(32(28)43)40(10)34(45)37(7,8)9/h25,44H,3,11-24H2,1-2,4-10H3/b28-25-. The molecule has 2 aromatic rings. The number of carbonyl (C=O) groups excluding carboxylic acids is 1. The predicted octanol–water partition coefficient (Wildman–Crippen LogP) is 7.09. The number of aromatic nitrogens is 2. The summed E-state index contributed by atoms with van der Waals surface area (Å²) in [5, 5.41) is 23.2. The number of nitriles is 1. The van der Waals surface area contributed by atoms with E-state index in [-0.39, 0.29) is 27.3 Å². The molecule has 256 valence electrons. The minimum absolute atomic E-state index is 0.128. The lowest BCUT2D eigenvalue weighted by molar-refractivity contribution is -0.127. The first-order valence-corrected chi connectivity index (χ1v) is 18.0. The molecule has 0 aromatic carbocycles. The Morgan fingerprint density at radius 3 is 1.91 bits per heavy atom. The predicted molar refractivity (Wildman–Crippen MR) is 194 cm³/mol. The number of anilines is 1. The molecule has 0 aliphatic rings. The van der Waals surface area contributed by atoms with Crippen molar-refractivity contribution in [3.63, 3.8) is 0 Å². The van der Waals surface area contributed by atoms with Crippen LogP contribution in [0.15, 0.2) is 4.79 Å². The number of rotatable bonds is 17. The maximum atomic E-state index is 14.0. The first-order valence-electron chi connectivity index (χ1n) is 17.2. The molecule has 0 aliphatic heterocycles. The molecular formula is C37H59N5O3S. The summed E-state index contributed by atoms with van der Waals surface area (Å²) in [6, 6.07) is 1.99. The van der Waals surface area contributed by atoms with Crippen molar-refractivity contribution in [1.29, 1.82) is 5.26 Å². The van der Waals surface area contributed by atoms with Crippen LogP contribution in [0.3, 0.4) is 0 Å². The van der Waals surface area contributed by atoms with E-state index in [0.717, 1.165) is 51.3 Å². The van der Waals surface area contributed by atoms with Gasteiger partial charge in [-0.1, -0.05) is 138 Å². The van der Waals surface area contributed by atoms with Crippen molar-refractivity contribution in [2.45, 2.75) is 138 Å². The number of nitrogens with zero attached hydrogens (tertiary/aromatic N) is 5. The summed E-state index contributed by atoms with van der Waals surface area (Å²) in [6.07, 6.45) is 16.4. The van der Waals surface area contributed by atoms with Gasteiger partial charge in [-0.2, -0.15) is 9.94 Å². The maximum Gasteiger partial charge on any atom is 0.280 e. The van der Waals surface area contributed by atoms with Gasteiger partial charge in [0.05, 0.1) is 15.8 Å². The molecule has 0 saturated heterocycles. The minimum Gasteiger partial charge on any atom is -0.492 e. The molecule has 1 N–H and O–H groups in total. The van der Waals surface area contributed by atoms with Crippen molar-refractivity contribution < 1.29 is 9.90 Å². The number of aromatic hydroxyl groups is 1. The molecule has 0 fully saturated rings.